The van der Waals surface area contributed by atoms with E-state index in [4.69, 9.17) is 9.97 Å². The van der Waals surface area contributed by atoms with E-state index in [9.17, 15) is 5.11 Å². The van der Waals surface area contributed by atoms with Gasteiger partial charge in [0.15, 0.2) is 0 Å². The lowest BCUT2D eigenvalue weighted by Gasteiger charge is -2.42. The average Bonchev–Trinajstić information content (AvgIpc) is 3.04. The number of pyridine rings is 2. The van der Waals surface area contributed by atoms with Crippen LogP contribution in [-0.2, 0) is 16.2 Å². The number of phenols is 1. The van der Waals surface area contributed by atoms with Crippen molar-refractivity contribution >= 4 is 28.1 Å². The first-order valence-corrected chi connectivity index (χ1v) is 16.5. The zero-order valence-electron chi connectivity index (χ0n) is 28.7. The maximum absolute atomic E-state index is 11.0. The van der Waals surface area contributed by atoms with Crippen LogP contribution in [0.1, 0.15) is 77.6 Å². The van der Waals surface area contributed by atoms with Gasteiger partial charge in [-0.3, -0.25) is 4.90 Å². The largest absolute Gasteiger partial charge is 0.506 e. The van der Waals surface area contributed by atoms with Gasteiger partial charge in [0, 0.05) is 22.6 Å². The van der Waals surface area contributed by atoms with Crippen LogP contribution in [0.25, 0.3) is 33.3 Å². The van der Waals surface area contributed by atoms with E-state index in [0.717, 1.165) is 45.0 Å². The van der Waals surface area contributed by atoms with Gasteiger partial charge in [-0.15, -0.1) is 0 Å². The molecule has 4 nitrogen and oxygen atoms in total. The number of fused-ring (bicyclic) bond motifs is 3. The Bertz CT molecular complexity index is 2150. The lowest BCUT2D eigenvalue weighted by molar-refractivity contribution is 0.480. The molecule has 47 heavy (non-hydrogen) atoms. The molecular weight excluding hydrogens is 574 g/mol. The monoisotopic (exact) mass is 617 g/mol. The van der Waals surface area contributed by atoms with Crippen molar-refractivity contribution in [2.45, 2.75) is 71.6 Å². The first-order valence-electron chi connectivity index (χ1n) is 16.5. The van der Waals surface area contributed by atoms with Gasteiger partial charge in [-0.25, -0.2) is 9.97 Å². The minimum atomic E-state index is -0.213. The molecule has 0 atom stereocenters. The minimum Gasteiger partial charge on any atom is -0.506 e. The predicted octanol–water partition coefficient (Wildman–Crippen LogP) is 11.4. The highest BCUT2D eigenvalue weighted by molar-refractivity contribution is 5.99. The first kappa shape index (κ1) is 30.7. The second-order valence-corrected chi connectivity index (χ2v) is 15.4. The summed E-state index contributed by atoms with van der Waals surface area (Å²) in [5, 5.41) is 12.0. The van der Waals surface area contributed by atoms with Crippen LogP contribution < -0.4 is 4.90 Å². The second-order valence-electron chi connectivity index (χ2n) is 15.4. The molecule has 0 saturated carbocycles. The second kappa shape index (κ2) is 10.8. The maximum Gasteiger partial charge on any atom is 0.141 e. The fourth-order valence-corrected chi connectivity index (χ4v) is 6.90. The molecule has 0 saturated heterocycles. The Kier molecular flexibility index (Phi) is 7.05. The van der Waals surface area contributed by atoms with Crippen LogP contribution in [0, 0.1) is 0 Å². The summed E-state index contributed by atoms with van der Waals surface area (Å²) in [6.07, 6.45) is 1.92. The summed E-state index contributed by atoms with van der Waals surface area (Å²) in [5.41, 5.74) is 11.6. The molecule has 236 valence electrons. The molecule has 1 aliphatic heterocycles. The number of anilines is 3. The number of aromatic hydroxyl groups is 1. The molecule has 7 rings (SSSR count). The van der Waals surface area contributed by atoms with Crippen LogP contribution in [0.3, 0.4) is 0 Å². The van der Waals surface area contributed by atoms with Gasteiger partial charge in [-0.05, 0) is 92.7 Å². The summed E-state index contributed by atoms with van der Waals surface area (Å²) >= 11 is 0. The molecule has 3 heterocycles. The Hall–Kier alpha value is -4.96. The molecule has 0 aliphatic carbocycles. The molecule has 1 N–H and O–H groups in total. The van der Waals surface area contributed by atoms with Gasteiger partial charge >= 0.3 is 0 Å². The Labute approximate surface area is 278 Å². The Balaban J connectivity index is 1.37. The third-order valence-electron chi connectivity index (χ3n) is 9.76. The summed E-state index contributed by atoms with van der Waals surface area (Å²) in [6, 6.07) is 36.2. The van der Waals surface area contributed by atoms with E-state index in [2.05, 4.69) is 151 Å². The van der Waals surface area contributed by atoms with Crippen molar-refractivity contribution < 1.29 is 5.11 Å². The predicted molar refractivity (Wildman–Crippen MR) is 196 cm³/mol. The number of hydrogen-bond acceptors (Lipinski definition) is 4. The van der Waals surface area contributed by atoms with E-state index in [0.29, 0.717) is 5.52 Å². The van der Waals surface area contributed by atoms with E-state index in [1.165, 1.54) is 22.3 Å². The molecule has 6 aromatic rings. The van der Waals surface area contributed by atoms with Crippen LogP contribution >= 0.6 is 0 Å². The van der Waals surface area contributed by atoms with E-state index < -0.39 is 0 Å². The minimum absolute atomic E-state index is 0.0125. The summed E-state index contributed by atoms with van der Waals surface area (Å²) in [6.45, 7) is 18.0. The quantitative estimate of drug-likeness (QED) is 0.215. The van der Waals surface area contributed by atoms with Crippen molar-refractivity contribution in [1.29, 1.82) is 0 Å². The van der Waals surface area contributed by atoms with Crippen LogP contribution in [-0.4, -0.2) is 15.1 Å². The number of nitrogens with zero attached hydrogens (tertiary/aromatic N) is 3. The zero-order chi connectivity index (χ0) is 33.3. The Morgan fingerprint density at radius 2 is 1.32 bits per heavy atom. The van der Waals surface area contributed by atoms with Crippen molar-refractivity contribution in [2.24, 2.45) is 0 Å². The van der Waals surface area contributed by atoms with Crippen molar-refractivity contribution in [2.75, 3.05) is 4.90 Å². The highest BCUT2D eigenvalue weighted by Gasteiger charge is 2.37. The number of benzene rings is 4. The molecule has 0 spiro atoms. The summed E-state index contributed by atoms with van der Waals surface area (Å²) in [7, 11) is 0. The zero-order valence-corrected chi connectivity index (χ0v) is 28.7. The highest BCUT2D eigenvalue weighted by atomic mass is 16.3. The van der Waals surface area contributed by atoms with Gasteiger partial charge < -0.3 is 5.11 Å². The molecule has 0 amide bonds. The normalized spacial score (nSPS) is 14.2. The number of phenolic OH excluding ortho intramolecular Hbond substituents is 1. The van der Waals surface area contributed by atoms with Crippen molar-refractivity contribution in [3.05, 3.63) is 132 Å². The standard InChI is InChI=1S/C43H43N3O/c1-41(2,3)29-16-13-27(14-17-29)31-19-22-38(47)40-32(31)18-21-35(45-40)28-15-20-34-37(25-28)46(36-12-10-9-11-33(36)43(34,7)8)39-26-30(23-24-44-39)42(4,5)6/h9-26,47H,1-8H3. The van der Waals surface area contributed by atoms with E-state index in [-0.39, 0.29) is 22.0 Å². The first-order chi connectivity index (χ1) is 22.2. The van der Waals surface area contributed by atoms with Gasteiger partial charge in [0.1, 0.15) is 17.1 Å². The van der Waals surface area contributed by atoms with Gasteiger partial charge in [0.05, 0.1) is 17.1 Å². The van der Waals surface area contributed by atoms with Crippen molar-refractivity contribution in [3.63, 3.8) is 0 Å². The van der Waals surface area contributed by atoms with Crippen LogP contribution in [0.15, 0.2) is 109 Å². The molecule has 0 bridgehead atoms. The fourth-order valence-electron chi connectivity index (χ4n) is 6.90. The molecular formula is C43H43N3O. The third-order valence-corrected chi connectivity index (χ3v) is 9.76. The number of hydrogen-bond donors (Lipinski definition) is 1. The lowest BCUT2D eigenvalue weighted by Crippen LogP contribution is -2.31. The number of para-hydroxylation sites is 1. The third kappa shape index (κ3) is 5.26. The molecule has 0 radical (unpaired) electrons. The molecule has 1 aliphatic rings. The highest BCUT2D eigenvalue weighted by Crippen LogP contribution is 2.52. The summed E-state index contributed by atoms with van der Waals surface area (Å²) < 4.78 is 0. The molecule has 0 unspecified atom stereocenters. The van der Waals surface area contributed by atoms with E-state index in [1.807, 2.05) is 12.3 Å². The van der Waals surface area contributed by atoms with Gasteiger partial charge in [-0.2, -0.15) is 0 Å². The molecule has 0 fully saturated rings. The molecule has 2 aromatic heterocycles. The summed E-state index contributed by atoms with van der Waals surface area (Å²) in [5.74, 6) is 1.07. The number of rotatable bonds is 3. The average molecular weight is 618 g/mol. The number of aromatic nitrogens is 2. The molecule has 4 heteroatoms. The van der Waals surface area contributed by atoms with Crippen molar-refractivity contribution in [1.82, 2.24) is 9.97 Å². The smallest absolute Gasteiger partial charge is 0.141 e. The van der Waals surface area contributed by atoms with Gasteiger partial charge in [0.2, 0.25) is 0 Å². The van der Waals surface area contributed by atoms with Crippen LogP contribution in [0.2, 0.25) is 0 Å². The molecule has 4 aromatic carbocycles. The lowest BCUT2D eigenvalue weighted by atomic mass is 9.73. The fraction of sp³-hybridized carbons (Fsp3) is 0.256. The van der Waals surface area contributed by atoms with Gasteiger partial charge in [-0.1, -0.05) is 110 Å². The Morgan fingerprint density at radius 3 is 2.04 bits per heavy atom. The summed E-state index contributed by atoms with van der Waals surface area (Å²) in [4.78, 5) is 12.3. The van der Waals surface area contributed by atoms with Crippen molar-refractivity contribution in [3.8, 4) is 28.1 Å². The topological polar surface area (TPSA) is 49.3 Å². The van der Waals surface area contributed by atoms with E-state index >= 15 is 0 Å². The Morgan fingerprint density at radius 1 is 0.638 bits per heavy atom. The van der Waals surface area contributed by atoms with Crippen LogP contribution in [0.4, 0.5) is 17.2 Å². The SMILES string of the molecule is CC(C)(C)c1ccc(-c2ccc(O)c3nc(-c4ccc5c(c4)N(c4cc(C(C)(C)C)ccn4)c4ccccc4C5(C)C)ccc23)cc1. The van der Waals surface area contributed by atoms with E-state index in [1.54, 1.807) is 6.07 Å². The maximum atomic E-state index is 11.0. The van der Waals surface area contributed by atoms with Crippen LogP contribution in [0.5, 0.6) is 5.75 Å². The van der Waals surface area contributed by atoms with Gasteiger partial charge in [0.25, 0.3) is 0 Å².